The van der Waals surface area contributed by atoms with Gasteiger partial charge < -0.3 is 9.55 Å². The van der Waals surface area contributed by atoms with Gasteiger partial charge in [0.15, 0.2) is 4.77 Å². The number of rotatable bonds is 1. The van der Waals surface area contributed by atoms with Crippen LogP contribution in [-0.4, -0.2) is 14.5 Å². The third kappa shape index (κ3) is 1.69. The third-order valence-electron chi connectivity index (χ3n) is 3.85. The van der Waals surface area contributed by atoms with E-state index in [0.29, 0.717) is 6.04 Å². The second-order valence-electron chi connectivity index (χ2n) is 4.90. The number of aryl methyl sites for hydroxylation is 1. The van der Waals surface area contributed by atoms with E-state index in [1.165, 1.54) is 23.3 Å². The normalized spacial score (nSPS) is 18.6. The smallest absolute Gasteiger partial charge is 0.178 e. The molecule has 1 aliphatic carbocycles. The molecule has 1 unspecified atom stereocenters. The molecule has 4 rings (SSSR count). The van der Waals surface area contributed by atoms with Gasteiger partial charge in [-0.1, -0.05) is 0 Å². The van der Waals surface area contributed by atoms with Crippen molar-refractivity contribution in [3.63, 3.8) is 0 Å². The van der Waals surface area contributed by atoms with Gasteiger partial charge in [-0.25, -0.2) is 0 Å². The highest BCUT2D eigenvalue weighted by Gasteiger charge is 2.24. The molecule has 1 N–H and O–H groups in total. The Morgan fingerprint density at radius 3 is 3.32 bits per heavy atom. The molecule has 0 saturated heterocycles. The zero-order valence-corrected chi connectivity index (χ0v) is 11.9. The molecule has 1 aliphatic rings. The van der Waals surface area contributed by atoms with Gasteiger partial charge in [-0.05, 0) is 54.6 Å². The molecule has 1 atom stereocenters. The lowest BCUT2D eigenvalue weighted by Gasteiger charge is -2.24. The number of pyridine rings is 1. The molecule has 0 bridgehead atoms. The number of imidazole rings is 1. The second kappa shape index (κ2) is 4.28. The Kier molecular flexibility index (Phi) is 2.56. The van der Waals surface area contributed by atoms with Crippen molar-refractivity contribution in [1.29, 1.82) is 0 Å². The first kappa shape index (κ1) is 11.4. The highest BCUT2D eigenvalue weighted by atomic mass is 32.1. The van der Waals surface area contributed by atoms with Crippen molar-refractivity contribution < 1.29 is 0 Å². The topological polar surface area (TPSA) is 33.6 Å². The highest BCUT2D eigenvalue weighted by Crippen LogP contribution is 2.37. The van der Waals surface area contributed by atoms with Crippen LogP contribution in [0.3, 0.4) is 0 Å². The quantitative estimate of drug-likeness (QED) is 0.684. The molecule has 3 heterocycles. The molecule has 3 aromatic heterocycles. The number of aromatic amines is 1. The largest absolute Gasteiger partial charge is 0.329 e. The average molecular weight is 287 g/mol. The number of hydrogen-bond acceptors (Lipinski definition) is 3. The maximum absolute atomic E-state index is 5.52. The molecular weight excluding hydrogens is 274 g/mol. The number of nitrogens with one attached hydrogen (secondary N) is 1. The van der Waals surface area contributed by atoms with E-state index in [1.807, 2.05) is 29.8 Å². The van der Waals surface area contributed by atoms with Gasteiger partial charge in [0.2, 0.25) is 0 Å². The first-order valence-corrected chi connectivity index (χ1v) is 7.74. The van der Waals surface area contributed by atoms with Crippen LogP contribution in [0.2, 0.25) is 0 Å². The molecule has 3 aromatic rings. The number of aromatic nitrogens is 3. The number of nitrogens with zero attached hydrogens (tertiary/aromatic N) is 2. The van der Waals surface area contributed by atoms with E-state index in [1.54, 1.807) is 0 Å². The fraction of sp³-hybridized carbons (Fsp3) is 0.286. The Morgan fingerprint density at radius 2 is 2.37 bits per heavy atom. The summed E-state index contributed by atoms with van der Waals surface area (Å²) in [6.07, 6.45) is 7.28. The summed E-state index contributed by atoms with van der Waals surface area (Å²) in [5, 5.41) is 2.20. The molecule has 0 amide bonds. The van der Waals surface area contributed by atoms with E-state index in [2.05, 4.69) is 26.0 Å². The minimum atomic E-state index is 0.374. The Bertz CT molecular complexity index is 796. The van der Waals surface area contributed by atoms with Crippen LogP contribution in [0.5, 0.6) is 0 Å². The van der Waals surface area contributed by atoms with E-state index in [0.717, 1.165) is 22.2 Å². The summed E-state index contributed by atoms with van der Waals surface area (Å²) in [5.74, 6) is 0. The van der Waals surface area contributed by atoms with Gasteiger partial charge in [-0.2, -0.15) is 0 Å². The number of H-pyrrole nitrogens is 1. The van der Waals surface area contributed by atoms with Crippen LogP contribution in [0.1, 0.15) is 29.3 Å². The molecule has 0 radical (unpaired) electrons. The van der Waals surface area contributed by atoms with E-state index < -0.39 is 0 Å². The van der Waals surface area contributed by atoms with Crippen LogP contribution in [0.25, 0.3) is 11.0 Å². The molecule has 0 aliphatic heterocycles. The van der Waals surface area contributed by atoms with Crippen molar-refractivity contribution in [3.05, 3.63) is 45.1 Å². The van der Waals surface area contributed by atoms with Crippen molar-refractivity contribution >= 4 is 34.6 Å². The van der Waals surface area contributed by atoms with Crippen LogP contribution in [0.15, 0.2) is 29.9 Å². The second-order valence-corrected chi connectivity index (χ2v) is 6.29. The summed E-state index contributed by atoms with van der Waals surface area (Å²) in [6.45, 7) is 0. The maximum Gasteiger partial charge on any atom is 0.178 e. The minimum absolute atomic E-state index is 0.374. The Hall–Kier alpha value is -1.46. The predicted molar refractivity (Wildman–Crippen MR) is 80.3 cm³/mol. The van der Waals surface area contributed by atoms with Gasteiger partial charge in [0.1, 0.15) is 0 Å². The van der Waals surface area contributed by atoms with Crippen molar-refractivity contribution in [3.8, 4) is 0 Å². The number of fused-ring (bicyclic) bond motifs is 2. The number of thiophene rings is 1. The Labute approximate surface area is 119 Å². The third-order valence-corrected chi connectivity index (χ3v) is 5.15. The fourth-order valence-corrected chi connectivity index (χ4v) is 4.33. The van der Waals surface area contributed by atoms with Gasteiger partial charge in [0, 0.05) is 11.1 Å². The molecule has 3 nitrogen and oxygen atoms in total. The first-order chi connectivity index (χ1) is 9.34. The summed E-state index contributed by atoms with van der Waals surface area (Å²) in [6, 6.07) is 4.67. The Morgan fingerprint density at radius 1 is 1.42 bits per heavy atom. The lowest BCUT2D eigenvalue weighted by molar-refractivity contribution is 0.500. The lowest BCUT2D eigenvalue weighted by atomic mass is 9.94. The van der Waals surface area contributed by atoms with Gasteiger partial charge in [0.25, 0.3) is 0 Å². The van der Waals surface area contributed by atoms with E-state index in [9.17, 15) is 0 Å². The monoisotopic (exact) mass is 287 g/mol. The summed E-state index contributed by atoms with van der Waals surface area (Å²) in [7, 11) is 0. The van der Waals surface area contributed by atoms with Crippen molar-refractivity contribution in [2.75, 3.05) is 0 Å². The van der Waals surface area contributed by atoms with Crippen LogP contribution in [0.4, 0.5) is 0 Å². The SMILES string of the molecule is S=c1[nH]c2cnccc2n1C1CCCc2sccc21. The molecule has 0 saturated carbocycles. The molecule has 0 aromatic carbocycles. The molecule has 0 spiro atoms. The average Bonchev–Trinajstić information content (AvgIpc) is 3.01. The first-order valence-electron chi connectivity index (χ1n) is 6.45. The summed E-state index contributed by atoms with van der Waals surface area (Å²) in [4.78, 5) is 8.94. The summed E-state index contributed by atoms with van der Waals surface area (Å²) in [5.41, 5.74) is 3.63. The number of hydrogen-bond donors (Lipinski definition) is 1. The standard InChI is InChI=1S/C14H13N3S2/c18-14-16-10-8-15-6-4-12(10)17(14)11-2-1-3-13-9(11)5-7-19-13/h4-8,11H,1-3H2,(H,16,18). The molecule has 19 heavy (non-hydrogen) atoms. The molecular formula is C14H13N3S2. The Balaban J connectivity index is 1.98. The fourth-order valence-electron chi connectivity index (χ4n) is 3.02. The summed E-state index contributed by atoms with van der Waals surface area (Å²) >= 11 is 7.39. The zero-order valence-electron chi connectivity index (χ0n) is 10.3. The van der Waals surface area contributed by atoms with Crippen molar-refractivity contribution in [2.45, 2.75) is 25.3 Å². The van der Waals surface area contributed by atoms with Crippen LogP contribution in [-0.2, 0) is 6.42 Å². The van der Waals surface area contributed by atoms with Gasteiger partial charge in [-0.15, -0.1) is 11.3 Å². The van der Waals surface area contributed by atoms with Crippen LogP contribution in [0, 0.1) is 4.77 Å². The molecule has 0 fully saturated rings. The van der Waals surface area contributed by atoms with Gasteiger partial charge >= 0.3 is 0 Å². The van der Waals surface area contributed by atoms with E-state index >= 15 is 0 Å². The van der Waals surface area contributed by atoms with Crippen molar-refractivity contribution in [2.24, 2.45) is 0 Å². The minimum Gasteiger partial charge on any atom is -0.329 e. The highest BCUT2D eigenvalue weighted by molar-refractivity contribution is 7.71. The van der Waals surface area contributed by atoms with Gasteiger partial charge in [-0.3, -0.25) is 4.98 Å². The van der Waals surface area contributed by atoms with Crippen molar-refractivity contribution in [1.82, 2.24) is 14.5 Å². The van der Waals surface area contributed by atoms with Crippen LogP contribution >= 0.6 is 23.6 Å². The van der Waals surface area contributed by atoms with E-state index in [-0.39, 0.29) is 0 Å². The predicted octanol–water partition coefficient (Wildman–Crippen LogP) is 4.08. The molecule has 96 valence electrons. The zero-order chi connectivity index (χ0) is 12.8. The lowest BCUT2D eigenvalue weighted by Crippen LogP contribution is -2.15. The molecule has 5 heteroatoms. The maximum atomic E-state index is 5.52. The van der Waals surface area contributed by atoms with Gasteiger partial charge in [0.05, 0.1) is 23.3 Å². The summed E-state index contributed by atoms with van der Waals surface area (Å²) < 4.78 is 3.06. The van der Waals surface area contributed by atoms with E-state index in [4.69, 9.17) is 12.2 Å². The van der Waals surface area contributed by atoms with Crippen LogP contribution < -0.4 is 0 Å².